The maximum absolute atomic E-state index is 12.3. The Hall–Kier alpha value is -3.09. The zero-order valence-electron chi connectivity index (χ0n) is 14.8. The standard InChI is InChI=1S/C19H19N3O4/c1-9-4-5-14-12(6-9)10(2)18(26-14)13-7-15(23)20-19-17(13)11(3)21-22(19)8-16(24)25/h4-6,13H,7-8H2,1-3H3,(H,20,23)(H,24,25). The quantitative estimate of drug-likeness (QED) is 0.754. The number of hydrogen-bond acceptors (Lipinski definition) is 4. The molecule has 7 nitrogen and oxygen atoms in total. The van der Waals surface area contributed by atoms with E-state index >= 15 is 0 Å². The summed E-state index contributed by atoms with van der Waals surface area (Å²) < 4.78 is 7.44. The molecule has 4 rings (SSSR count). The number of aryl methyl sites for hydroxylation is 3. The van der Waals surface area contributed by atoms with Crippen molar-refractivity contribution in [2.75, 3.05) is 5.32 Å². The number of carbonyl (C=O) groups is 2. The summed E-state index contributed by atoms with van der Waals surface area (Å²) in [6, 6.07) is 6.00. The summed E-state index contributed by atoms with van der Waals surface area (Å²) in [4.78, 5) is 23.4. The van der Waals surface area contributed by atoms with E-state index in [1.165, 1.54) is 4.68 Å². The number of benzene rings is 1. The molecule has 7 heteroatoms. The summed E-state index contributed by atoms with van der Waals surface area (Å²) in [6.45, 7) is 5.53. The summed E-state index contributed by atoms with van der Waals surface area (Å²) in [5.74, 6) is -0.289. The lowest BCUT2D eigenvalue weighted by Gasteiger charge is -2.23. The third-order valence-corrected chi connectivity index (χ3v) is 4.90. The molecule has 0 spiro atoms. The normalized spacial score (nSPS) is 16.6. The van der Waals surface area contributed by atoms with E-state index < -0.39 is 5.97 Å². The second-order valence-corrected chi connectivity index (χ2v) is 6.79. The second-order valence-electron chi connectivity index (χ2n) is 6.79. The molecule has 0 radical (unpaired) electrons. The molecule has 0 aliphatic carbocycles. The van der Waals surface area contributed by atoms with Crippen LogP contribution in [0, 0.1) is 20.8 Å². The summed E-state index contributed by atoms with van der Waals surface area (Å²) >= 11 is 0. The number of anilines is 1. The molecule has 1 aliphatic rings. The molecule has 0 saturated carbocycles. The van der Waals surface area contributed by atoms with Crippen LogP contribution in [0.5, 0.6) is 0 Å². The molecule has 0 bridgehead atoms. The van der Waals surface area contributed by atoms with Gasteiger partial charge in [0.1, 0.15) is 23.7 Å². The van der Waals surface area contributed by atoms with Crippen LogP contribution < -0.4 is 5.32 Å². The summed E-state index contributed by atoms with van der Waals surface area (Å²) in [7, 11) is 0. The van der Waals surface area contributed by atoms with Gasteiger partial charge in [0.05, 0.1) is 11.6 Å². The Bertz CT molecular complexity index is 1060. The Kier molecular flexibility index (Phi) is 3.61. The van der Waals surface area contributed by atoms with Crippen LogP contribution in [0.15, 0.2) is 22.6 Å². The number of amides is 1. The Morgan fingerprint density at radius 1 is 1.38 bits per heavy atom. The third-order valence-electron chi connectivity index (χ3n) is 4.90. The number of nitrogens with zero attached hydrogens (tertiary/aromatic N) is 2. The number of carbonyl (C=O) groups excluding carboxylic acids is 1. The molecule has 3 aromatic rings. The smallest absolute Gasteiger partial charge is 0.325 e. The Labute approximate surface area is 149 Å². The average molecular weight is 353 g/mol. The van der Waals surface area contributed by atoms with Gasteiger partial charge in [-0.25, -0.2) is 4.68 Å². The third kappa shape index (κ3) is 2.47. The van der Waals surface area contributed by atoms with E-state index in [9.17, 15) is 9.59 Å². The molecule has 0 saturated heterocycles. The van der Waals surface area contributed by atoms with Crippen molar-refractivity contribution in [2.24, 2.45) is 0 Å². The molecule has 2 N–H and O–H groups in total. The number of carboxylic acids is 1. The molecule has 2 aromatic heterocycles. The fourth-order valence-corrected chi connectivity index (χ4v) is 3.77. The molecule has 134 valence electrons. The first-order valence-corrected chi connectivity index (χ1v) is 8.43. The molecule has 26 heavy (non-hydrogen) atoms. The van der Waals surface area contributed by atoms with Crippen LogP contribution in [0.25, 0.3) is 11.0 Å². The van der Waals surface area contributed by atoms with E-state index in [1.807, 2.05) is 32.9 Å². The van der Waals surface area contributed by atoms with Crippen LogP contribution >= 0.6 is 0 Å². The Morgan fingerprint density at radius 2 is 2.15 bits per heavy atom. The van der Waals surface area contributed by atoms with Gasteiger partial charge in [-0.2, -0.15) is 5.10 Å². The van der Waals surface area contributed by atoms with Crippen molar-refractivity contribution in [1.29, 1.82) is 0 Å². The molecule has 3 heterocycles. The fourth-order valence-electron chi connectivity index (χ4n) is 3.77. The van der Waals surface area contributed by atoms with E-state index in [1.54, 1.807) is 0 Å². The molecular formula is C19H19N3O4. The number of rotatable bonds is 3. The molecule has 1 unspecified atom stereocenters. The van der Waals surface area contributed by atoms with E-state index in [-0.39, 0.29) is 24.8 Å². The average Bonchev–Trinajstić information content (AvgIpc) is 3.04. The van der Waals surface area contributed by atoms with Gasteiger partial charge in [0.15, 0.2) is 0 Å². The molecule has 1 aliphatic heterocycles. The molecular weight excluding hydrogens is 334 g/mol. The maximum Gasteiger partial charge on any atom is 0.325 e. The summed E-state index contributed by atoms with van der Waals surface area (Å²) in [5.41, 5.74) is 4.44. The van der Waals surface area contributed by atoms with Crippen molar-refractivity contribution >= 4 is 28.7 Å². The van der Waals surface area contributed by atoms with Crippen molar-refractivity contribution < 1.29 is 19.1 Å². The van der Waals surface area contributed by atoms with Gasteiger partial charge < -0.3 is 14.8 Å². The Balaban J connectivity index is 1.89. The summed E-state index contributed by atoms with van der Waals surface area (Å²) in [5, 5.41) is 17.2. The Morgan fingerprint density at radius 3 is 2.88 bits per heavy atom. The highest BCUT2D eigenvalue weighted by Crippen LogP contribution is 2.42. The van der Waals surface area contributed by atoms with Crippen molar-refractivity contribution in [1.82, 2.24) is 9.78 Å². The zero-order valence-corrected chi connectivity index (χ0v) is 14.8. The predicted octanol–water partition coefficient (Wildman–Crippen LogP) is 3.11. The van der Waals surface area contributed by atoms with Gasteiger partial charge in [-0.15, -0.1) is 0 Å². The zero-order chi connectivity index (χ0) is 18.6. The number of fused-ring (bicyclic) bond motifs is 2. The first kappa shape index (κ1) is 16.4. The maximum atomic E-state index is 12.3. The van der Waals surface area contributed by atoms with E-state index in [4.69, 9.17) is 9.52 Å². The number of aliphatic carboxylic acids is 1. The van der Waals surface area contributed by atoms with Crippen molar-refractivity contribution in [3.8, 4) is 0 Å². The lowest BCUT2D eigenvalue weighted by molar-refractivity contribution is -0.137. The molecule has 1 aromatic carbocycles. The minimum Gasteiger partial charge on any atom is -0.480 e. The van der Waals surface area contributed by atoms with Crippen LogP contribution in [-0.4, -0.2) is 26.8 Å². The van der Waals surface area contributed by atoms with Crippen LogP contribution in [0.1, 0.15) is 40.5 Å². The van der Waals surface area contributed by atoms with Crippen molar-refractivity contribution in [3.05, 3.63) is 46.3 Å². The second kappa shape index (κ2) is 5.72. The van der Waals surface area contributed by atoms with Crippen LogP contribution in [0.3, 0.4) is 0 Å². The topological polar surface area (TPSA) is 97.4 Å². The predicted molar refractivity (Wildman–Crippen MR) is 95.4 cm³/mol. The van der Waals surface area contributed by atoms with Crippen LogP contribution in [0.2, 0.25) is 0 Å². The van der Waals surface area contributed by atoms with E-state index in [0.29, 0.717) is 11.5 Å². The highest BCUT2D eigenvalue weighted by molar-refractivity contribution is 5.95. The van der Waals surface area contributed by atoms with Gasteiger partial charge in [0, 0.05) is 17.4 Å². The monoisotopic (exact) mass is 353 g/mol. The number of furan rings is 1. The number of aromatic nitrogens is 2. The van der Waals surface area contributed by atoms with Gasteiger partial charge in [-0.3, -0.25) is 9.59 Å². The summed E-state index contributed by atoms with van der Waals surface area (Å²) in [6.07, 6.45) is 0.242. The number of hydrogen-bond donors (Lipinski definition) is 2. The van der Waals surface area contributed by atoms with Gasteiger partial charge in [-0.05, 0) is 38.5 Å². The van der Waals surface area contributed by atoms with Gasteiger partial charge in [-0.1, -0.05) is 11.6 Å². The number of nitrogens with one attached hydrogen (secondary N) is 1. The highest BCUT2D eigenvalue weighted by Gasteiger charge is 2.35. The minimum atomic E-state index is -1.01. The van der Waals surface area contributed by atoms with Gasteiger partial charge in [0.2, 0.25) is 5.91 Å². The van der Waals surface area contributed by atoms with Crippen LogP contribution in [0.4, 0.5) is 5.82 Å². The van der Waals surface area contributed by atoms with E-state index in [0.717, 1.165) is 33.4 Å². The molecule has 1 atom stereocenters. The van der Waals surface area contributed by atoms with Crippen molar-refractivity contribution in [2.45, 2.75) is 39.7 Å². The largest absolute Gasteiger partial charge is 0.480 e. The van der Waals surface area contributed by atoms with E-state index in [2.05, 4.69) is 16.5 Å². The SMILES string of the molecule is Cc1ccc2oc(C3CC(=O)Nc4c3c(C)nn4CC(=O)O)c(C)c2c1. The first-order chi connectivity index (χ1) is 12.3. The minimum absolute atomic E-state index is 0.176. The fraction of sp³-hybridized carbons (Fsp3) is 0.316. The van der Waals surface area contributed by atoms with Crippen LogP contribution in [-0.2, 0) is 16.1 Å². The highest BCUT2D eigenvalue weighted by atomic mass is 16.4. The first-order valence-electron chi connectivity index (χ1n) is 8.43. The number of carboxylic acid groups (broad SMARTS) is 1. The molecule has 1 amide bonds. The molecule has 0 fully saturated rings. The van der Waals surface area contributed by atoms with Gasteiger partial charge >= 0.3 is 5.97 Å². The lowest BCUT2D eigenvalue weighted by Crippen LogP contribution is -2.26. The van der Waals surface area contributed by atoms with Crippen molar-refractivity contribution in [3.63, 3.8) is 0 Å². The lowest BCUT2D eigenvalue weighted by atomic mass is 9.88. The van der Waals surface area contributed by atoms with Gasteiger partial charge in [0.25, 0.3) is 0 Å².